The van der Waals surface area contributed by atoms with E-state index in [0.717, 1.165) is 0 Å². The Bertz CT molecular complexity index is 1410. The Morgan fingerprint density at radius 3 is 2.66 bits per heavy atom. The molecule has 2 aromatic carbocycles. The van der Waals surface area contributed by atoms with Gasteiger partial charge in [-0.25, -0.2) is 13.5 Å². The predicted molar refractivity (Wildman–Crippen MR) is 130 cm³/mol. The number of rotatable bonds is 6. The summed E-state index contributed by atoms with van der Waals surface area (Å²) in [6, 6.07) is 15.3. The van der Waals surface area contributed by atoms with Gasteiger partial charge in [-0.1, -0.05) is 42.1 Å². The van der Waals surface area contributed by atoms with Gasteiger partial charge >= 0.3 is 0 Å². The fraction of sp³-hybridized carbons (Fsp3) is 0.120. The van der Waals surface area contributed by atoms with Crippen LogP contribution in [-0.4, -0.2) is 25.7 Å². The Hall–Kier alpha value is -4.05. The molecule has 2 aromatic heterocycles. The second-order valence-corrected chi connectivity index (χ2v) is 8.80. The van der Waals surface area contributed by atoms with E-state index in [1.165, 1.54) is 30.0 Å². The monoisotopic (exact) mass is 490 g/mol. The van der Waals surface area contributed by atoms with Gasteiger partial charge in [-0.15, -0.1) is 5.10 Å². The van der Waals surface area contributed by atoms with E-state index in [0.29, 0.717) is 44.9 Å². The highest BCUT2D eigenvalue weighted by molar-refractivity contribution is 7.98. The Morgan fingerprint density at radius 1 is 1.11 bits per heavy atom. The van der Waals surface area contributed by atoms with Crippen molar-refractivity contribution in [3.8, 4) is 0 Å². The minimum absolute atomic E-state index is 0.293. The molecule has 0 unspecified atom stereocenters. The minimum Gasteiger partial charge on any atom is -0.328 e. The van der Waals surface area contributed by atoms with Gasteiger partial charge < -0.3 is 10.6 Å². The maximum absolute atomic E-state index is 14.0. The maximum atomic E-state index is 14.0. The molecule has 5 rings (SSSR count). The lowest BCUT2D eigenvalue weighted by Crippen LogP contribution is -2.31. The van der Waals surface area contributed by atoms with Gasteiger partial charge in [-0.2, -0.15) is 4.98 Å². The molecule has 1 aliphatic heterocycles. The van der Waals surface area contributed by atoms with Gasteiger partial charge in [0.05, 0.1) is 17.5 Å². The van der Waals surface area contributed by atoms with Crippen LogP contribution < -0.4 is 10.6 Å². The van der Waals surface area contributed by atoms with E-state index in [-0.39, 0.29) is 17.5 Å². The first kappa shape index (κ1) is 22.7. The Kier molecular flexibility index (Phi) is 6.28. The molecule has 3 heterocycles. The van der Waals surface area contributed by atoms with Crippen molar-refractivity contribution in [1.29, 1.82) is 0 Å². The smallest absolute Gasteiger partial charge is 0.255 e. The third kappa shape index (κ3) is 4.78. The first-order chi connectivity index (χ1) is 17.0. The molecular weight excluding hydrogens is 470 g/mol. The molecule has 0 bridgehead atoms. The van der Waals surface area contributed by atoms with Gasteiger partial charge in [-0.3, -0.25) is 9.78 Å². The second-order valence-electron chi connectivity index (χ2n) is 7.86. The summed E-state index contributed by atoms with van der Waals surface area (Å²) < 4.78 is 29.3. The molecule has 0 radical (unpaired) electrons. The van der Waals surface area contributed by atoms with Crippen LogP contribution >= 0.6 is 11.8 Å². The first-order valence-corrected chi connectivity index (χ1v) is 11.8. The van der Waals surface area contributed by atoms with Gasteiger partial charge in [-0.05, 0) is 48.4 Å². The highest BCUT2D eigenvalue weighted by atomic mass is 32.2. The Labute approximate surface area is 204 Å². The summed E-state index contributed by atoms with van der Waals surface area (Å²) in [5, 5.41) is 11.0. The molecule has 0 saturated heterocycles. The van der Waals surface area contributed by atoms with E-state index < -0.39 is 6.04 Å². The minimum atomic E-state index is -0.654. The maximum Gasteiger partial charge on any atom is 0.255 e. The number of aromatic nitrogens is 4. The average Bonchev–Trinajstić information content (AvgIpc) is 3.26. The molecule has 1 atom stereocenters. The van der Waals surface area contributed by atoms with Crippen molar-refractivity contribution >= 4 is 29.3 Å². The molecule has 0 saturated carbocycles. The molecule has 1 amide bonds. The average molecular weight is 491 g/mol. The van der Waals surface area contributed by atoms with E-state index >= 15 is 0 Å². The van der Waals surface area contributed by atoms with Crippen LogP contribution in [0.3, 0.4) is 0 Å². The first-order valence-electron chi connectivity index (χ1n) is 10.8. The fourth-order valence-corrected chi connectivity index (χ4v) is 4.65. The second kappa shape index (κ2) is 9.67. The quantitative estimate of drug-likeness (QED) is 0.363. The number of benzene rings is 2. The van der Waals surface area contributed by atoms with Crippen molar-refractivity contribution in [3.63, 3.8) is 0 Å². The number of allylic oxidation sites excluding steroid dienone is 1. The van der Waals surface area contributed by atoms with Crippen LogP contribution in [0.1, 0.15) is 24.1 Å². The summed E-state index contributed by atoms with van der Waals surface area (Å²) in [7, 11) is 0. The summed E-state index contributed by atoms with van der Waals surface area (Å²) in [4.78, 5) is 22.0. The zero-order valence-electron chi connectivity index (χ0n) is 18.6. The fourth-order valence-electron chi connectivity index (χ4n) is 3.83. The van der Waals surface area contributed by atoms with Crippen LogP contribution in [0, 0.1) is 11.6 Å². The molecular formula is C25H20F2N6OS. The summed E-state index contributed by atoms with van der Waals surface area (Å²) in [5.74, 6) is -0.245. The lowest BCUT2D eigenvalue weighted by atomic mass is 9.95. The van der Waals surface area contributed by atoms with Crippen molar-refractivity contribution in [2.24, 2.45) is 0 Å². The van der Waals surface area contributed by atoms with Crippen molar-refractivity contribution in [3.05, 3.63) is 107 Å². The molecule has 2 N–H and O–H groups in total. The van der Waals surface area contributed by atoms with Gasteiger partial charge in [0, 0.05) is 17.6 Å². The normalized spacial score (nSPS) is 14.9. The third-order valence-corrected chi connectivity index (χ3v) is 6.38. The molecule has 0 aliphatic carbocycles. The van der Waals surface area contributed by atoms with Crippen LogP contribution in [0.2, 0.25) is 0 Å². The van der Waals surface area contributed by atoms with Crippen molar-refractivity contribution in [1.82, 2.24) is 19.7 Å². The van der Waals surface area contributed by atoms with E-state index in [4.69, 9.17) is 0 Å². The predicted octanol–water partition coefficient (Wildman–Crippen LogP) is 5.17. The number of nitrogens with one attached hydrogen (secondary N) is 2. The number of pyridine rings is 1. The highest BCUT2D eigenvalue weighted by Gasteiger charge is 2.34. The highest BCUT2D eigenvalue weighted by Crippen LogP contribution is 2.37. The number of hydrogen-bond acceptors (Lipinski definition) is 6. The van der Waals surface area contributed by atoms with E-state index in [2.05, 4.69) is 25.7 Å². The van der Waals surface area contributed by atoms with Crippen LogP contribution in [0.4, 0.5) is 20.4 Å². The molecule has 35 heavy (non-hydrogen) atoms. The van der Waals surface area contributed by atoms with Crippen molar-refractivity contribution in [2.45, 2.75) is 23.9 Å². The number of carbonyl (C=O) groups excluding carboxylic acids is 1. The largest absolute Gasteiger partial charge is 0.328 e. The van der Waals surface area contributed by atoms with Crippen LogP contribution in [-0.2, 0) is 10.5 Å². The summed E-state index contributed by atoms with van der Waals surface area (Å²) in [6.45, 7) is 1.78. The SMILES string of the molecule is CC1=C(C(=O)Nc2cccnc2)[C@@H](c2ccc(F)cc2)n2nc(SCc3ccccc3F)nc2N1. The molecule has 176 valence electrons. The number of halogens is 2. The number of amides is 1. The van der Waals surface area contributed by atoms with Gasteiger partial charge in [0.15, 0.2) is 0 Å². The molecule has 10 heteroatoms. The van der Waals surface area contributed by atoms with Crippen LogP contribution in [0.25, 0.3) is 0 Å². The standard InChI is InChI=1S/C25H20F2N6OS/c1-15-21(23(34)30-19-6-4-12-28-13-19)22(16-8-10-18(26)11-9-16)33-24(29-15)31-25(32-33)35-14-17-5-2-3-7-20(17)27/h2-13,22H,14H2,1H3,(H,30,34)(H,29,31,32)/t22-/m1/s1. The molecule has 0 fully saturated rings. The Morgan fingerprint density at radius 2 is 1.91 bits per heavy atom. The van der Waals surface area contributed by atoms with Crippen LogP contribution in [0.5, 0.6) is 0 Å². The number of thioether (sulfide) groups is 1. The van der Waals surface area contributed by atoms with Gasteiger partial charge in [0.2, 0.25) is 11.1 Å². The number of hydrogen-bond donors (Lipinski definition) is 2. The van der Waals surface area contributed by atoms with E-state index in [1.807, 2.05) is 0 Å². The summed E-state index contributed by atoms with van der Waals surface area (Å²) >= 11 is 1.28. The molecule has 0 spiro atoms. The van der Waals surface area contributed by atoms with Gasteiger partial charge in [0.1, 0.15) is 17.7 Å². The summed E-state index contributed by atoms with van der Waals surface area (Å²) in [6.07, 6.45) is 3.17. The van der Waals surface area contributed by atoms with Gasteiger partial charge in [0.25, 0.3) is 5.91 Å². The van der Waals surface area contributed by atoms with Crippen LogP contribution in [0.15, 0.2) is 89.5 Å². The Balaban J connectivity index is 1.49. The lowest BCUT2D eigenvalue weighted by molar-refractivity contribution is -0.113. The zero-order valence-corrected chi connectivity index (χ0v) is 19.4. The molecule has 1 aliphatic rings. The lowest BCUT2D eigenvalue weighted by Gasteiger charge is -2.28. The zero-order chi connectivity index (χ0) is 24.4. The number of anilines is 2. The summed E-state index contributed by atoms with van der Waals surface area (Å²) in [5.41, 5.74) is 2.75. The third-order valence-electron chi connectivity index (χ3n) is 5.50. The topological polar surface area (TPSA) is 84.7 Å². The van der Waals surface area contributed by atoms with Crippen molar-refractivity contribution in [2.75, 3.05) is 10.6 Å². The number of carbonyl (C=O) groups is 1. The molecule has 7 nitrogen and oxygen atoms in total. The number of nitrogens with zero attached hydrogens (tertiary/aromatic N) is 4. The molecule has 4 aromatic rings. The van der Waals surface area contributed by atoms with Crippen molar-refractivity contribution < 1.29 is 13.6 Å². The number of fused-ring (bicyclic) bond motifs is 1. The van der Waals surface area contributed by atoms with E-state index in [1.54, 1.807) is 66.5 Å². The van der Waals surface area contributed by atoms with E-state index in [9.17, 15) is 13.6 Å².